The van der Waals surface area contributed by atoms with E-state index in [-0.39, 0.29) is 18.0 Å². The minimum atomic E-state index is -1.13. The molecule has 114 valence electrons. The molecule has 5 nitrogen and oxygen atoms in total. The topological polar surface area (TPSA) is 64.3 Å². The number of aromatic carboxylic acids is 1. The van der Waals surface area contributed by atoms with Gasteiger partial charge in [0.2, 0.25) is 5.82 Å². The van der Waals surface area contributed by atoms with Gasteiger partial charge < -0.3 is 9.84 Å². The number of nitrogens with zero attached hydrogens (tertiary/aromatic N) is 2. The number of hydrogen-bond donors (Lipinski definition) is 1. The quantitative estimate of drug-likeness (QED) is 0.647. The van der Waals surface area contributed by atoms with E-state index in [1.807, 2.05) is 20.8 Å². The van der Waals surface area contributed by atoms with Gasteiger partial charge in [0.05, 0.1) is 0 Å². The third kappa shape index (κ3) is 4.75. The molecule has 0 spiro atoms. The van der Waals surface area contributed by atoms with Crippen molar-refractivity contribution in [2.24, 2.45) is 0 Å². The van der Waals surface area contributed by atoms with Crippen LogP contribution in [0.25, 0.3) is 0 Å². The van der Waals surface area contributed by atoms with Gasteiger partial charge in [-0.25, -0.2) is 9.78 Å². The van der Waals surface area contributed by atoms with Crippen molar-refractivity contribution in [2.75, 3.05) is 6.61 Å². The highest BCUT2D eigenvalue weighted by Crippen LogP contribution is 2.23. The molecule has 0 fully saturated rings. The molecule has 0 saturated heterocycles. The highest BCUT2D eigenvalue weighted by atomic mass is 28.3. The van der Waals surface area contributed by atoms with Gasteiger partial charge in [-0.15, -0.1) is 0 Å². The lowest BCUT2D eigenvalue weighted by atomic mass is 9.93. The Labute approximate surface area is 122 Å². The normalized spacial score (nSPS) is 12.7. The summed E-state index contributed by atoms with van der Waals surface area (Å²) in [6.07, 6.45) is 1.63. The van der Waals surface area contributed by atoms with E-state index in [1.54, 1.807) is 10.8 Å². The summed E-state index contributed by atoms with van der Waals surface area (Å²) in [4.78, 5) is 15.2. The number of imidazole rings is 1. The van der Waals surface area contributed by atoms with Crippen molar-refractivity contribution >= 4 is 14.0 Å². The molecule has 6 heteroatoms. The van der Waals surface area contributed by atoms with Crippen LogP contribution in [0.15, 0.2) is 6.20 Å². The van der Waals surface area contributed by atoms with Crippen LogP contribution in [-0.4, -0.2) is 35.3 Å². The van der Waals surface area contributed by atoms with Gasteiger partial charge in [0.25, 0.3) is 0 Å². The van der Waals surface area contributed by atoms with Crippen LogP contribution in [0.4, 0.5) is 0 Å². The summed E-state index contributed by atoms with van der Waals surface area (Å²) in [7, 11) is -1.13. The zero-order valence-electron chi connectivity index (χ0n) is 13.4. The Morgan fingerprint density at radius 1 is 1.40 bits per heavy atom. The summed E-state index contributed by atoms with van der Waals surface area (Å²) in [5.41, 5.74) is 0.714. The monoisotopic (exact) mass is 298 g/mol. The molecule has 0 unspecified atom stereocenters. The van der Waals surface area contributed by atoms with Crippen molar-refractivity contribution in [2.45, 2.75) is 58.6 Å². The second kappa shape index (κ2) is 6.09. The summed E-state index contributed by atoms with van der Waals surface area (Å²) in [5, 5.41) is 9.20. The van der Waals surface area contributed by atoms with Gasteiger partial charge in [0.1, 0.15) is 6.73 Å². The number of aromatic nitrogens is 2. The second-order valence-electron chi connectivity index (χ2n) is 7.30. The lowest BCUT2D eigenvalue weighted by Crippen LogP contribution is -2.24. The minimum Gasteiger partial charge on any atom is -0.475 e. The Kier molecular flexibility index (Phi) is 5.15. The van der Waals surface area contributed by atoms with Crippen LogP contribution >= 0.6 is 0 Å². The van der Waals surface area contributed by atoms with E-state index >= 15 is 0 Å². The number of rotatable bonds is 6. The molecular formula is C14H26N2O3Si. The van der Waals surface area contributed by atoms with Crippen molar-refractivity contribution in [3.63, 3.8) is 0 Å². The van der Waals surface area contributed by atoms with Gasteiger partial charge in [-0.3, -0.25) is 4.57 Å². The molecule has 1 aromatic rings. The van der Waals surface area contributed by atoms with E-state index in [4.69, 9.17) is 4.74 Å². The first-order chi connectivity index (χ1) is 9.02. The lowest BCUT2D eigenvalue weighted by Gasteiger charge is -2.22. The number of hydrogen-bond acceptors (Lipinski definition) is 3. The maximum absolute atomic E-state index is 11.2. The Hall–Kier alpha value is -1.14. The Morgan fingerprint density at radius 3 is 2.45 bits per heavy atom. The van der Waals surface area contributed by atoms with Gasteiger partial charge in [-0.1, -0.05) is 40.4 Å². The van der Waals surface area contributed by atoms with Crippen LogP contribution in [0.1, 0.15) is 37.1 Å². The highest BCUT2D eigenvalue weighted by molar-refractivity contribution is 6.76. The molecule has 1 N–H and O–H groups in total. The fourth-order valence-corrected chi connectivity index (χ4v) is 2.57. The molecule has 1 aromatic heterocycles. The molecule has 0 aliphatic heterocycles. The zero-order chi connectivity index (χ0) is 15.6. The number of carboxylic acids is 1. The largest absolute Gasteiger partial charge is 0.475 e. The molecule has 0 aliphatic rings. The molecular weight excluding hydrogens is 272 g/mol. The predicted molar refractivity (Wildman–Crippen MR) is 82.0 cm³/mol. The van der Waals surface area contributed by atoms with Gasteiger partial charge in [-0.2, -0.15) is 0 Å². The fourth-order valence-electron chi connectivity index (χ4n) is 1.81. The van der Waals surface area contributed by atoms with Crippen LogP contribution in [0.5, 0.6) is 0 Å². The number of ether oxygens (including phenoxy) is 1. The van der Waals surface area contributed by atoms with Crippen molar-refractivity contribution in [1.82, 2.24) is 9.55 Å². The van der Waals surface area contributed by atoms with Crippen molar-refractivity contribution in [1.29, 1.82) is 0 Å². The summed E-state index contributed by atoms with van der Waals surface area (Å²) in [6.45, 7) is 13.9. The SMILES string of the molecule is CC(C)(C)c1cnc(C(=O)O)n1COCC[Si](C)(C)C. The molecule has 0 aliphatic carbocycles. The molecule has 0 radical (unpaired) electrons. The van der Waals surface area contributed by atoms with Crippen LogP contribution in [0.2, 0.25) is 25.7 Å². The standard InChI is InChI=1S/C14H26N2O3Si/c1-14(2,3)11-9-15-12(13(17)18)16(11)10-19-7-8-20(4,5)6/h9H,7-8,10H2,1-6H3,(H,17,18). The molecule has 20 heavy (non-hydrogen) atoms. The third-order valence-corrected chi connectivity index (χ3v) is 4.74. The van der Waals surface area contributed by atoms with E-state index in [2.05, 4.69) is 24.6 Å². The first-order valence-electron chi connectivity index (χ1n) is 6.89. The average molecular weight is 298 g/mol. The minimum absolute atomic E-state index is 0.0444. The van der Waals surface area contributed by atoms with Crippen LogP contribution in [0.3, 0.4) is 0 Å². The van der Waals surface area contributed by atoms with Crippen LogP contribution < -0.4 is 0 Å². The first-order valence-corrected chi connectivity index (χ1v) is 10.6. The molecule has 0 amide bonds. The average Bonchev–Trinajstić information content (AvgIpc) is 2.66. The molecule has 0 atom stereocenters. The van der Waals surface area contributed by atoms with E-state index in [9.17, 15) is 9.90 Å². The summed E-state index contributed by atoms with van der Waals surface area (Å²) in [6, 6.07) is 1.06. The summed E-state index contributed by atoms with van der Waals surface area (Å²) in [5.74, 6) is -0.975. The van der Waals surface area contributed by atoms with Crippen LogP contribution in [-0.2, 0) is 16.9 Å². The van der Waals surface area contributed by atoms with Crippen molar-refractivity contribution in [3.05, 3.63) is 17.7 Å². The van der Waals surface area contributed by atoms with E-state index in [1.165, 1.54) is 0 Å². The predicted octanol–water partition coefficient (Wildman–Crippen LogP) is 3.19. The maximum Gasteiger partial charge on any atom is 0.372 e. The van der Waals surface area contributed by atoms with Gasteiger partial charge >= 0.3 is 5.97 Å². The molecule has 1 heterocycles. The zero-order valence-corrected chi connectivity index (χ0v) is 14.4. The Morgan fingerprint density at radius 2 is 2.00 bits per heavy atom. The third-order valence-electron chi connectivity index (χ3n) is 3.03. The number of carbonyl (C=O) groups is 1. The fraction of sp³-hybridized carbons (Fsp3) is 0.714. The van der Waals surface area contributed by atoms with Crippen molar-refractivity contribution < 1.29 is 14.6 Å². The lowest BCUT2D eigenvalue weighted by molar-refractivity contribution is 0.0602. The number of carboxylic acid groups (broad SMARTS) is 1. The molecule has 0 aromatic carbocycles. The van der Waals surface area contributed by atoms with E-state index < -0.39 is 14.0 Å². The highest BCUT2D eigenvalue weighted by Gasteiger charge is 2.24. The van der Waals surface area contributed by atoms with Crippen molar-refractivity contribution in [3.8, 4) is 0 Å². The maximum atomic E-state index is 11.2. The Bertz CT molecular complexity index is 470. The molecule has 0 saturated carbocycles. The van der Waals surface area contributed by atoms with Gasteiger partial charge in [0.15, 0.2) is 0 Å². The van der Waals surface area contributed by atoms with E-state index in [0.29, 0.717) is 6.61 Å². The molecule has 0 bridgehead atoms. The summed E-state index contributed by atoms with van der Waals surface area (Å²) < 4.78 is 7.33. The first kappa shape index (κ1) is 16.9. The second-order valence-corrected chi connectivity index (χ2v) is 12.9. The van der Waals surface area contributed by atoms with E-state index in [0.717, 1.165) is 11.7 Å². The smallest absolute Gasteiger partial charge is 0.372 e. The van der Waals surface area contributed by atoms with Gasteiger partial charge in [0, 0.05) is 32.0 Å². The Balaban J connectivity index is 2.81. The van der Waals surface area contributed by atoms with Gasteiger partial charge in [-0.05, 0) is 6.04 Å². The molecule has 1 rings (SSSR count). The van der Waals surface area contributed by atoms with Crippen LogP contribution in [0, 0.1) is 0 Å². The summed E-state index contributed by atoms with van der Waals surface area (Å²) >= 11 is 0.